The highest BCUT2D eigenvalue weighted by atomic mass is 32.1. The summed E-state index contributed by atoms with van der Waals surface area (Å²) >= 11 is 1.54. The Hall–Kier alpha value is -2.03. The molecule has 1 aliphatic heterocycles. The van der Waals surface area contributed by atoms with Crippen LogP contribution in [0.3, 0.4) is 0 Å². The third-order valence-electron chi connectivity index (χ3n) is 3.89. The average molecular weight is 327 g/mol. The highest BCUT2D eigenvalue weighted by molar-refractivity contribution is 7.12. The van der Waals surface area contributed by atoms with E-state index in [2.05, 4.69) is 48.3 Å². The molecule has 1 aromatic heterocycles. The van der Waals surface area contributed by atoms with Crippen LogP contribution in [0.5, 0.6) is 0 Å². The van der Waals surface area contributed by atoms with Gasteiger partial charge in [-0.25, -0.2) is 0 Å². The first kappa shape index (κ1) is 15.9. The fourth-order valence-corrected chi connectivity index (χ4v) is 3.73. The molecule has 0 unspecified atom stereocenters. The molecule has 2 aromatic rings. The number of nitriles is 1. The van der Waals surface area contributed by atoms with Gasteiger partial charge in [-0.1, -0.05) is 12.1 Å². The molecule has 0 spiro atoms. The summed E-state index contributed by atoms with van der Waals surface area (Å²) in [5, 5.41) is 12.4. The Labute approximate surface area is 141 Å². The largest absolute Gasteiger partial charge is 0.378 e. The first-order chi connectivity index (χ1) is 11.2. The van der Waals surface area contributed by atoms with Crippen molar-refractivity contribution in [1.29, 1.82) is 5.26 Å². The number of nitrogens with zero attached hydrogens (tertiary/aromatic N) is 2. The highest BCUT2D eigenvalue weighted by Crippen LogP contribution is 2.29. The molecule has 0 bridgehead atoms. The van der Waals surface area contributed by atoms with Gasteiger partial charge in [-0.05, 0) is 38.1 Å². The summed E-state index contributed by atoms with van der Waals surface area (Å²) in [5.74, 6) is 0. The number of hydrogen-bond acceptors (Lipinski definition) is 5. The van der Waals surface area contributed by atoms with Crippen LogP contribution in [0, 0.1) is 11.3 Å². The van der Waals surface area contributed by atoms with Crippen LogP contribution in [-0.4, -0.2) is 25.3 Å². The third kappa shape index (κ3) is 3.84. The van der Waals surface area contributed by atoms with Crippen molar-refractivity contribution in [1.82, 2.24) is 0 Å². The average Bonchev–Trinajstić information content (AvgIpc) is 3.00. The van der Waals surface area contributed by atoms with Gasteiger partial charge in [-0.3, -0.25) is 0 Å². The maximum atomic E-state index is 8.92. The van der Waals surface area contributed by atoms with Gasteiger partial charge in [0.1, 0.15) is 10.9 Å². The van der Waals surface area contributed by atoms with Gasteiger partial charge in [-0.2, -0.15) is 5.26 Å². The molecule has 1 fully saturated rings. The zero-order valence-corrected chi connectivity index (χ0v) is 14.3. The van der Waals surface area contributed by atoms with Gasteiger partial charge in [0.2, 0.25) is 0 Å². The van der Waals surface area contributed by atoms with E-state index in [0.29, 0.717) is 0 Å². The van der Waals surface area contributed by atoms with Crippen molar-refractivity contribution in [2.45, 2.75) is 32.6 Å². The fourth-order valence-electron chi connectivity index (χ4n) is 2.99. The van der Waals surface area contributed by atoms with Gasteiger partial charge in [-0.15, -0.1) is 11.3 Å². The molecule has 0 radical (unpaired) electrons. The Kier molecular flexibility index (Phi) is 4.85. The first-order valence-electron chi connectivity index (χ1n) is 7.88. The minimum Gasteiger partial charge on any atom is -0.378 e. The summed E-state index contributed by atoms with van der Waals surface area (Å²) in [6.07, 6.45) is 0.476. The summed E-state index contributed by atoms with van der Waals surface area (Å²) in [5.41, 5.74) is 2.34. The molecular formula is C18H21N3OS. The van der Waals surface area contributed by atoms with E-state index < -0.39 is 0 Å². The number of morpholine rings is 1. The van der Waals surface area contributed by atoms with E-state index in [0.717, 1.165) is 30.2 Å². The lowest BCUT2D eigenvalue weighted by Gasteiger charge is -2.37. The lowest BCUT2D eigenvalue weighted by atomic mass is 10.1. The molecule has 4 nitrogen and oxygen atoms in total. The molecule has 1 N–H and O–H groups in total. The zero-order chi connectivity index (χ0) is 16.2. The number of benzene rings is 1. The van der Waals surface area contributed by atoms with Crippen LogP contribution in [0.4, 0.5) is 11.4 Å². The normalized spacial score (nSPS) is 21.0. The van der Waals surface area contributed by atoms with E-state index in [9.17, 15) is 0 Å². The number of rotatable bonds is 4. The topological polar surface area (TPSA) is 48.3 Å². The second-order valence-electron chi connectivity index (χ2n) is 5.91. The van der Waals surface area contributed by atoms with Crippen molar-refractivity contribution in [3.63, 3.8) is 0 Å². The molecular weight excluding hydrogens is 306 g/mol. The summed E-state index contributed by atoms with van der Waals surface area (Å²) in [6.45, 7) is 6.78. The van der Waals surface area contributed by atoms with Gasteiger partial charge in [0.15, 0.2) is 0 Å². The van der Waals surface area contributed by atoms with Gasteiger partial charge < -0.3 is 15.0 Å². The number of para-hydroxylation sites is 2. The van der Waals surface area contributed by atoms with Crippen molar-refractivity contribution in [3.8, 4) is 6.07 Å². The minimum atomic E-state index is 0.238. The van der Waals surface area contributed by atoms with E-state index in [1.165, 1.54) is 21.9 Å². The van der Waals surface area contributed by atoms with Crippen LogP contribution in [-0.2, 0) is 11.3 Å². The van der Waals surface area contributed by atoms with Crippen LogP contribution in [0.15, 0.2) is 36.4 Å². The van der Waals surface area contributed by atoms with Crippen molar-refractivity contribution in [2.75, 3.05) is 23.3 Å². The Morgan fingerprint density at radius 3 is 2.65 bits per heavy atom. The molecule has 5 heteroatoms. The van der Waals surface area contributed by atoms with Crippen LogP contribution in [0.1, 0.15) is 23.6 Å². The molecule has 1 aromatic carbocycles. The van der Waals surface area contributed by atoms with E-state index in [1.54, 1.807) is 0 Å². The summed E-state index contributed by atoms with van der Waals surface area (Å²) in [6, 6.07) is 14.5. The highest BCUT2D eigenvalue weighted by Gasteiger charge is 2.23. The van der Waals surface area contributed by atoms with Gasteiger partial charge in [0.25, 0.3) is 0 Å². The second-order valence-corrected chi connectivity index (χ2v) is 7.08. The molecule has 2 atom stereocenters. The van der Waals surface area contributed by atoms with Crippen molar-refractivity contribution >= 4 is 22.7 Å². The maximum Gasteiger partial charge on any atom is 0.110 e. The van der Waals surface area contributed by atoms with Crippen LogP contribution < -0.4 is 10.2 Å². The Morgan fingerprint density at radius 2 is 1.96 bits per heavy atom. The summed E-state index contributed by atoms with van der Waals surface area (Å²) in [7, 11) is 0. The van der Waals surface area contributed by atoms with Gasteiger partial charge in [0, 0.05) is 24.5 Å². The third-order valence-corrected chi connectivity index (χ3v) is 4.88. The van der Waals surface area contributed by atoms with E-state index in [-0.39, 0.29) is 12.2 Å². The molecule has 0 amide bonds. The predicted octanol–water partition coefficient (Wildman–Crippen LogP) is 3.85. The van der Waals surface area contributed by atoms with Crippen LogP contribution in [0.25, 0.3) is 0 Å². The molecule has 0 aliphatic carbocycles. The van der Waals surface area contributed by atoms with Crippen molar-refractivity contribution in [2.24, 2.45) is 0 Å². The lowest BCUT2D eigenvalue weighted by Crippen LogP contribution is -2.45. The second kappa shape index (κ2) is 7.03. The molecule has 2 heterocycles. The number of anilines is 2. The van der Waals surface area contributed by atoms with Gasteiger partial charge >= 0.3 is 0 Å². The van der Waals surface area contributed by atoms with E-state index in [4.69, 9.17) is 10.00 Å². The Balaban J connectivity index is 1.74. The maximum absolute atomic E-state index is 8.92. The molecule has 3 rings (SSSR count). The van der Waals surface area contributed by atoms with Crippen LogP contribution in [0.2, 0.25) is 0 Å². The molecule has 0 saturated carbocycles. The predicted molar refractivity (Wildman–Crippen MR) is 95.0 cm³/mol. The monoisotopic (exact) mass is 327 g/mol. The van der Waals surface area contributed by atoms with Crippen molar-refractivity contribution in [3.05, 3.63) is 46.2 Å². The summed E-state index contributed by atoms with van der Waals surface area (Å²) < 4.78 is 5.83. The standard InChI is InChI=1S/C18H21N3OS/c1-13-11-21(12-14(2)22-13)18-6-4-3-5-17(18)20-10-16-8-7-15(9-19)23-16/h3-8,13-14,20H,10-12H2,1-2H3/t13-,14+. The number of nitrogens with one attached hydrogen (secondary N) is 1. The molecule has 1 saturated heterocycles. The Bertz CT molecular complexity index is 696. The van der Waals surface area contributed by atoms with E-state index in [1.807, 2.05) is 18.2 Å². The molecule has 23 heavy (non-hydrogen) atoms. The van der Waals surface area contributed by atoms with Crippen molar-refractivity contribution < 1.29 is 4.74 Å². The smallest absolute Gasteiger partial charge is 0.110 e. The fraction of sp³-hybridized carbons (Fsp3) is 0.389. The quantitative estimate of drug-likeness (QED) is 0.927. The Morgan fingerprint density at radius 1 is 1.22 bits per heavy atom. The molecule has 1 aliphatic rings. The van der Waals surface area contributed by atoms with Gasteiger partial charge in [0.05, 0.1) is 23.6 Å². The summed E-state index contributed by atoms with van der Waals surface area (Å²) in [4.78, 5) is 4.31. The minimum absolute atomic E-state index is 0.238. The lowest BCUT2D eigenvalue weighted by molar-refractivity contribution is -0.00517. The number of thiophene rings is 1. The first-order valence-corrected chi connectivity index (χ1v) is 8.69. The van der Waals surface area contributed by atoms with E-state index >= 15 is 0 Å². The molecule has 120 valence electrons. The van der Waals surface area contributed by atoms with Crippen LogP contribution >= 0.6 is 11.3 Å². The number of ether oxygens (including phenoxy) is 1. The number of hydrogen-bond donors (Lipinski definition) is 1. The zero-order valence-electron chi connectivity index (χ0n) is 13.5. The SMILES string of the molecule is C[C@@H]1CN(c2ccccc2NCc2ccc(C#N)s2)C[C@H](C)O1.